The van der Waals surface area contributed by atoms with Crippen LogP contribution in [0, 0.1) is 5.41 Å². The number of hydrogen-bond acceptors (Lipinski definition) is 3. The predicted octanol–water partition coefficient (Wildman–Crippen LogP) is 2.03. The molecule has 1 atom stereocenters. The van der Waals surface area contributed by atoms with E-state index < -0.39 is 0 Å². The van der Waals surface area contributed by atoms with Crippen LogP contribution in [0.5, 0.6) is 0 Å². The zero-order valence-corrected chi connectivity index (χ0v) is 10.8. The summed E-state index contributed by atoms with van der Waals surface area (Å²) in [5.41, 5.74) is 1.82. The molecule has 1 aromatic rings. The van der Waals surface area contributed by atoms with Crippen molar-refractivity contribution in [1.29, 1.82) is 0 Å². The normalized spacial score (nSPS) is 29.2. The Hall–Kier alpha value is -0.610. The zero-order valence-electron chi connectivity index (χ0n) is 9.25. The van der Waals surface area contributed by atoms with E-state index in [0.717, 1.165) is 4.47 Å². The summed E-state index contributed by atoms with van der Waals surface area (Å²) >= 11 is 3.58. The molecule has 2 aliphatic heterocycles. The average Bonchev–Trinajstić information content (AvgIpc) is 2.91. The number of rotatable bonds is 1. The largest absolute Gasteiger partial charge is 0.370 e. The molecule has 3 rings (SSSR count). The average molecular weight is 282 g/mol. The first-order valence-electron chi connectivity index (χ1n) is 5.84. The van der Waals surface area contributed by atoms with Gasteiger partial charge in [-0.3, -0.25) is 4.98 Å². The van der Waals surface area contributed by atoms with Gasteiger partial charge in [0.05, 0.1) is 10.2 Å². The maximum atomic E-state index is 4.12. The van der Waals surface area contributed by atoms with E-state index in [1.165, 1.54) is 44.7 Å². The Morgan fingerprint density at radius 3 is 3.12 bits per heavy atom. The molecule has 1 aromatic heterocycles. The minimum atomic E-state index is 0.530. The van der Waals surface area contributed by atoms with Crippen molar-refractivity contribution in [1.82, 2.24) is 10.3 Å². The van der Waals surface area contributed by atoms with Crippen molar-refractivity contribution in [3.05, 3.63) is 22.9 Å². The minimum Gasteiger partial charge on any atom is -0.370 e. The highest BCUT2D eigenvalue weighted by atomic mass is 79.9. The lowest BCUT2D eigenvalue weighted by Crippen LogP contribution is -2.29. The van der Waals surface area contributed by atoms with Crippen molar-refractivity contribution in [3.8, 4) is 0 Å². The lowest BCUT2D eigenvalue weighted by molar-refractivity contribution is 0.369. The highest BCUT2D eigenvalue weighted by Gasteiger charge is 2.40. The van der Waals surface area contributed by atoms with Gasteiger partial charge in [-0.05, 0) is 41.4 Å². The highest BCUT2D eigenvalue weighted by molar-refractivity contribution is 9.10. The second-order valence-corrected chi connectivity index (χ2v) is 5.78. The number of anilines is 1. The Labute approximate surface area is 104 Å². The number of nitrogens with zero attached hydrogens (tertiary/aromatic N) is 2. The van der Waals surface area contributed by atoms with E-state index >= 15 is 0 Å². The van der Waals surface area contributed by atoms with Crippen molar-refractivity contribution >= 4 is 21.6 Å². The SMILES string of the molecule is Brc1cnccc1N1CCC2(CCNC2)C1. The van der Waals surface area contributed by atoms with Crippen molar-refractivity contribution in [2.24, 2.45) is 5.41 Å². The Morgan fingerprint density at radius 2 is 2.38 bits per heavy atom. The van der Waals surface area contributed by atoms with Crippen LogP contribution in [0.3, 0.4) is 0 Å². The van der Waals surface area contributed by atoms with E-state index in [2.05, 4.69) is 37.2 Å². The van der Waals surface area contributed by atoms with Crippen LogP contribution in [0.2, 0.25) is 0 Å². The fourth-order valence-electron chi connectivity index (χ4n) is 2.91. The fraction of sp³-hybridized carbons (Fsp3) is 0.583. The molecule has 16 heavy (non-hydrogen) atoms. The van der Waals surface area contributed by atoms with E-state index in [1.807, 2.05) is 12.4 Å². The van der Waals surface area contributed by atoms with Gasteiger partial charge in [-0.2, -0.15) is 0 Å². The number of aromatic nitrogens is 1. The molecule has 1 N–H and O–H groups in total. The van der Waals surface area contributed by atoms with Gasteiger partial charge in [0.25, 0.3) is 0 Å². The highest BCUT2D eigenvalue weighted by Crippen LogP contribution is 2.39. The fourth-order valence-corrected chi connectivity index (χ4v) is 3.41. The molecule has 4 heteroatoms. The second kappa shape index (κ2) is 4.00. The standard InChI is InChI=1S/C12H16BrN3/c13-10-7-14-4-1-11(10)16-6-3-12(9-16)2-5-15-8-12/h1,4,7,15H,2-3,5-6,8-9H2. The molecule has 2 fully saturated rings. The van der Waals surface area contributed by atoms with Crippen LogP contribution < -0.4 is 10.2 Å². The molecule has 0 radical (unpaired) electrons. The second-order valence-electron chi connectivity index (χ2n) is 4.93. The van der Waals surface area contributed by atoms with Crippen LogP contribution in [-0.2, 0) is 0 Å². The van der Waals surface area contributed by atoms with Crippen LogP contribution in [0.15, 0.2) is 22.9 Å². The minimum absolute atomic E-state index is 0.530. The first-order valence-corrected chi connectivity index (χ1v) is 6.64. The molecule has 0 aliphatic carbocycles. The van der Waals surface area contributed by atoms with Crippen LogP contribution in [-0.4, -0.2) is 31.2 Å². The summed E-state index contributed by atoms with van der Waals surface area (Å²) in [5.74, 6) is 0. The van der Waals surface area contributed by atoms with E-state index in [0.29, 0.717) is 5.41 Å². The smallest absolute Gasteiger partial charge is 0.0592 e. The van der Waals surface area contributed by atoms with Crippen molar-refractivity contribution in [2.75, 3.05) is 31.1 Å². The van der Waals surface area contributed by atoms with Gasteiger partial charge in [-0.1, -0.05) is 0 Å². The third-order valence-electron chi connectivity index (χ3n) is 3.86. The molecule has 0 bridgehead atoms. The summed E-state index contributed by atoms with van der Waals surface area (Å²) < 4.78 is 1.11. The summed E-state index contributed by atoms with van der Waals surface area (Å²) in [5, 5.41) is 3.49. The van der Waals surface area contributed by atoms with Crippen molar-refractivity contribution in [3.63, 3.8) is 0 Å². The summed E-state index contributed by atoms with van der Waals surface area (Å²) in [6, 6.07) is 2.10. The molecule has 1 spiro atoms. The summed E-state index contributed by atoms with van der Waals surface area (Å²) in [4.78, 5) is 6.60. The molecule has 1 unspecified atom stereocenters. The third kappa shape index (κ3) is 1.74. The monoisotopic (exact) mass is 281 g/mol. The Morgan fingerprint density at radius 1 is 1.44 bits per heavy atom. The molecule has 2 aliphatic rings. The molecule has 3 nitrogen and oxygen atoms in total. The molecule has 86 valence electrons. The van der Waals surface area contributed by atoms with Gasteiger partial charge in [0, 0.05) is 37.4 Å². The molecular weight excluding hydrogens is 266 g/mol. The van der Waals surface area contributed by atoms with Gasteiger partial charge in [0.15, 0.2) is 0 Å². The summed E-state index contributed by atoms with van der Waals surface area (Å²) in [7, 11) is 0. The predicted molar refractivity (Wildman–Crippen MR) is 68.7 cm³/mol. The van der Waals surface area contributed by atoms with Crippen molar-refractivity contribution < 1.29 is 0 Å². The number of hydrogen-bond donors (Lipinski definition) is 1. The first kappa shape index (κ1) is 10.5. The lowest BCUT2D eigenvalue weighted by atomic mass is 9.86. The van der Waals surface area contributed by atoms with Gasteiger partial charge in [0.2, 0.25) is 0 Å². The molecule has 2 saturated heterocycles. The maximum absolute atomic E-state index is 4.12. The third-order valence-corrected chi connectivity index (χ3v) is 4.47. The van der Waals surface area contributed by atoms with Gasteiger partial charge in [-0.15, -0.1) is 0 Å². The Balaban J connectivity index is 1.81. The van der Waals surface area contributed by atoms with E-state index in [9.17, 15) is 0 Å². The first-order chi connectivity index (χ1) is 7.79. The Bertz CT molecular complexity index is 388. The van der Waals surface area contributed by atoms with Crippen LogP contribution in [0.4, 0.5) is 5.69 Å². The number of pyridine rings is 1. The van der Waals surface area contributed by atoms with E-state index in [-0.39, 0.29) is 0 Å². The Kier molecular flexibility index (Phi) is 2.64. The maximum Gasteiger partial charge on any atom is 0.0592 e. The molecule has 0 amide bonds. The van der Waals surface area contributed by atoms with Gasteiger partial charge < -0.3 is 10.2 Å². The van der Waals surface area contributed by atoms with Crippen LogP contribution in [0.25, 0.3) is 0 Å². The molecular formula is C12H16BrN3. The van der Waals surface area contributed by atoms with E-state index in [4.69, 9.17) is 0 Å². The lowest BCUT2D eigenvalue weighted by Gasteiger charge is -2.24. The van der Waals surface area contributed by atoms with Crippen molar-refractivity contribution in [2.45, 2.75) is 12.8 Å². The van der Waals surface area contributed by atoms with Crippen LogP contribution >= 0.6 is 15.9 Å². The zero-order chi connectivity index (χ0) is 11.0. The van der Waals surface area contributed by atoms with Gasteiger partial charge in [-0.25, -0.2) is 0 Å². The summed E-state index contributed by atoms with van der Waals surface area (Å²) in [6.07, 6.45) is 6.40. The molecule has 0 saturated carbocycles. The van der Waals surface area contributed by atoms with Gasteiger partial charge in [0.1, 0.15) is 0 Å². The quantitative estimate of drug-likeness (QED) is 0.854. The number of nitrogens with one attached hydrogen (secondary N) is 1. The van der Waals surface area contributed by atoms with E-state index in [1.54, 1.807) is 0 Å². The van der Waals surface area contributed by atoms with Crippen LogP contribution in [0.1, 0.15) is 12.8 Å². The molecule has 0 aromatic carbocycles. The summed E-state index contributed by atoms with van der Waals surface area (Å²) in [6.45, 7) is 4.73. The van der Waals surface area contributed by atoms with Gasteiger partial charge >= 0.3 is 0 Å². The molecule has 3 heterocycles. The topological polar surface area (TPSA) is 28.2 Å². The number of halogens is 1.